The van der Waals surface area contributed by atoms with Crippen LogP contribution in [0.1, 0.15) is 13.3 Å². The quantitative estimate of drug-likeness (QED) is 0.316. The number of methoxy groups -OCH3 is 1. The zero-order valence-electron chi connectivity index (χ0n) is 15.7. The van der Waals surface area contributed by atoms with Gasteiger partial charge < -0.3 is 34.1 Å². The van der Waals surface area contributed by atoms with Gasteiger partial charge in [-0.1, -0.05) is 6.08 Å². The molecule has 0 aromatic heterocycles. The Morgan fingerprint density at radius 2 is 1.97 bits per heavy atom. The van der Waals surface area contributed by atoms with Crippen LogP contribution < -0.4 is 0 Å². The Kier molecular flexibility index (Phi) is 7.51. The normalized spacial score (nSPS) is 26.2. The number of aliphatic hydroxyl groups excluding tert-OH is 1. The van der Waals surface area contributed by atoms with Crippen LogP contribution in [0.2, 0.25) is 0 Å². The molecule has 11 nitrogen and oxygen atoms in total. The van der Waals surface area contributed by atoms with Crippen molar-refractivity contribution in [2.24, 2.45) is 0 Å². The summed E-state index contributed by atoms with van der Waals surface area (Å²) >= 11 is 0. The summed E-state index contributed by atoms with van der Waals surface area (Å²) in [5.41, 5.74) is 0.0789. The molecule has 0 saturated carbocycles. The van der Waals surface area contributed by atoms with Crippen molar-refractivity contribution in [3.8, 4) is 0 Å². The van der Waals surface area contributed by atoms with Crippen LogP contribution in [-0.4, -0.2) is 77.2 Å². The van der Waals surface area contributed by atoms with Gasteiger partial charge in [-0.05, 0) is 0 Å². The van der Waals surface area contributed by atoms with E-state index in [0.29, 0.717) is 0 Å². The van der Waals surface area contributed by atoms with Crippen molar-refractivity contribution >= 4 is 23.9 Å². The molecule has 0 aromatic carbocycles. The van der Waals surface area contributed by atoms with E-state index in [2.05, 4.69) is 4.74 Å². The molecule has 0 bridgehead atoms. The molecule has 2 rings (SSSR count). The lowest BCUT2D eigenvalue weighted by molar-refractivity contribution is -0.156. The fourth-order valence-corrected chi connectivity index (χ4v) is 2.73. The Hall–Kier alpha value is -3.18. The largest absolute Gasteiger partial charge is 0.478 e. The summed E-state index contributed by atoms with van der Waals surface area (Å²) in [4.78, 5) is 46.6. The predicted molar refractivity (Wildman–Crippen MR) is 93.7 cm³/mol. The number of nitrogens with zero attached hydrogens (tertiary/aromatic N) is 1. The fraction of sp³-hybridized carbons (Fsp3) is 0.444. The van der Waals surface area contributed by atoms with Gasteiger partial charge >= 0.3 is 23.9 Å². The van der Waals surface area contributed by atoms with Crippen LogP contribution in [0.3, 0.4) is 0 Å². The number of carboxylic acids is 1. The van der Waals surface area contributed by atoms with Gasteiger partial charge in [0.25, 0.3) is 0 Å². The number of ether oxygens (including phenoxy) is 4. The van der Waals surface area contributed by atoms with Gasteiger partial charge in [0.1, 0.15) is 18.8 Å². The number of carbonyl (C=O) groups excluding carboxylic acids is 3. The first-order valence-electron chi connectivity index (χ1n) is 8.54. The Balaban J connectivity index is 2.09. The number of hydrogen-bond acceptors (Lipinski definition) is 10. The molecule has 0 amide bonds. The second-order valence-corrected chi connectivity index (χ2v) is 6.11. The molecular formula is C18H21NO10. The second kappa shape index (κ2) is 9.85. The highest BCUT2D eigenvalue weighted by atomic mass is 16.6. The van der Waals surface area contributed by atoms with Crippen molar-refractivity contribution in [1.29, 1.82) is 0 Å². The van der Waals surface area contributed by atoms with Crippen LogP contribution in [0.4, 0.5) is 0 Å². The molecule has 0 spiro atoms. The minimum Gasteiger partial charge on any atom is -0.478 e. The van der Waals surface area contributed by atoms with E-state index in [1.807, 2.05) is 0 Å². The second-order valence-electron chi connectivity index (χ2n) is 6.11. The smallest absolute Gasteiger partial charge is 0.333 e. The van der Waals surface area contributed by atoms with Crippen molar-refractivity contribution in [2.45, 2.75) is 37.9 Å². The van der Waals surface area contributed by atoms with E-state index in [1.54, 1.807) is 6.08 Å². The number of carboxylic acid groups (broad SMARTS) is 1. The molecule has 0 radical (unpaired) electrons. The summed E-state index contributed by atoms with van der Waals surface area (Å²) in [6, 6.07) is 0. The molecule has 0 aromatic rings. The molecule has 0 unspecified atom stereocenters. The lowest BCUT2D eigenvalue weighted by Gasteiger charge is -2.28. The zero-order chi connectivity index (χ0) is 21.6. The van der Waals surface area contributed by atoms with E-state index in [1.165, 1.54) is 17.3 Å². The third kappa shape index (κ3) is 5.90. The minimum atomic E-state index is -1.35. The molecule has 4 atom stereocenters. The summed E-state index contributed by atoms with van der Waals surface area (Å²) in [6.07, 6.45) is 1.73. The van der Waals surface area contributed by atoms with Crippen LogP contribution in [0.5, 0.6) is 0 Å². The number of aliphatic carboxylic acids is 1. The average Bonchev–Trinajstić information content (AvgIpc) is 2.99. The van der Waals surface area contributed by atoms with Crippen LogP contribution in [0.25, 0.3) is 0 Å². The molecule has 1 fully saturated rings. The van der Waals surface area contributed by atoms with Crippen LogP contribution in [0, 0.1) is 0 Å². The molecule has 1 saturated heterocycles. The summed E-state index contributed by atoms with van der Waals surface area (Å²) in [5, 5.41) is 19.7. The topological polar surface area (TPSA) is 149 Å². The van der Waals surface area contributed by atoms with Crippen molar-refractivity contribution < 1.29 is 48.3 Å². The minimum absolute atomic E-state index is 0.0789. The maximum Gasteiger partial charge on any atom is 0.333 e. The lowest BCUT2D eigenvalue weighted by atomic mass is 10.1. The van der Waals surface area contributed by atoms with Gasteiger partial charge in [-0.3, -0.25) is 4.79 Å². The van der Waals surface area contributed by atoms with Crippen molar-refractivity contribution in [3.05, 3.63) is 36.2 Å². The van der Waals surface area contributed by atoms with Gasteiger partial charge in [0.05, 0.1) is 12.7 Å². The summed E-state index contributed by atoms with van der Waals surface area (Å²) in [7, 11) is 1.15. The molecule has 0 aliphatic carbocycles. The van der Waals surface area contributed by atoms with Crippen LogP contribution in [0.15, 0.2) is 36.2 Å². The third-order valence-corrected chi connectivity index (χ3v) is 4.05. The van der Waals surface area contributed by atoms with Crippen molar-refractivity contribution in [2.75, 3.05) is 13.7 Å². The number of aliphatic hydroxyl groups is 1. The number of hydrogen-bond donors (Lipinski definition) is 2. The highest BCUT2D eigenvalue weighted by Crippen LogP contribution is 2.29. The SMILES string of the molecule is COC(=O)/C=C/C(=O)OC[C@H]1O[C@@H](N2C=CCC(C(=O)O)=C2)[C@H](O)[C@@H]1OC(C)=O. The van der Waals surface area contributed by atoms with E-state index in [-0.39, 0.29) is 18.6 Å². The van der Waals surface area contributed by atoms with E-state index >= 15 is 0 Å². The average molecular weight is 411 g/mol. The van der Waals surface area contributed by atoms with Gasteiger partial charge in [0, 0.05) is 37.9 Å². The van der Waals surface area contributed by atoms with Gasteiger partial charge in [0.15, 0.2) is 12.3 Å². The molecule has 29 heavy (non-hydrogen) atoms. The Morgan fingerprint density at radius 1 is 1.28 bits per heavy atom. The number of carbonyl (C=O) groups is 4. The Bertz CT molecular complexity index is 756. The summed E-state index contributed by atoms with van der Waals surface area (Å²) in [5.74, 6) is -3.42. The standard InChI is InChI=1S/C18H21NO10/c1-10(20)28-16-12(9-27-14(22)6-5-13(21)26-2)29-17(15(16)23)19-7-3-4-11(8-19)18(24)25/h3,5-8,12,15-17,23H,4,9H2,1-2H3,(H,24,25)/b6-5+/t12-,15-,16-,17-/m1/s1. The molecule has 158 valence electrons. The first-order valence-corrected chi connectivity index (χ1v) is 8.54. The van der Waals surface area contributed by atoms with E-state index < -0.39 is 48.4 Å². The molecule has 11 heteroatoms. The number of rotatable bonds is 7. The van der Waals surface area contributed by atoms with Crippen LogP contribution in [-0.2, 0) is 38.1 Å². The first-order chi connectivity index (χ1) is 13.7. The summed E-state index contributed by atoms with van der Waals surface area (Å²) in [6.45, 7) is 0.758. The molecule has 2 N–H and O–H groups in total. The highest BCUT2D eigenvalue weighted by molar-refractivity contribution is 5.91. The number of allylic oxidation sites excluding steroid dienone is 1. The van der Waals surface area contributed by atoms with E-state index in [4.69, 9.17) is 19.3 Å². The van der Waals surface area contributed by atoms with Gasteiger partial charge in [-0.2, -0.15) is 0 Å². The third-order valence-electron chi connectivity index (χ3n) is 4.05. The molecule has 2 aliphatic heterocycles. The molecule has 2 heterocycles. The van der Waals surface area contributed by atoms with E-state index in [0.717, 1.165) is 26.2 Å². The van der Waals surface area contributed by atoms with Crippen molar-refractivity contribution in [3.63, 3.8) is 0 Å². The monoisotopic (exact) mass is 411 g/mol. The van der Waals surface area contributed by atoms with Gasteiger partial charge in [-0.25, -0.2) is 14.4 Å². The first kappa shape index (κ1) is 22.1. The lowest BCUT2D eigenvalue weighted by Crippen LogP contribution is -2.42. The molecule has 2 aliphatic rings. The molecular weight excluding hydrogens is 390 g/mol. The Labute approximate surface area is 165 Å². The number of esters is 3. The van der Waals surface area contributed by atoms with Gasteiger partial charge in [-0.15, -0.1) is 0 Å². The summed E-state index contributed by atoms with van der Waals surface area (Å²) < 4.78 is 20.1. The highest BCUT2D eigenvalue weighted by Gasteiger charge is 2.48. The van der Waals surface area contributed by atoms with E-state index in [9.17, 15) is 24.3 Å². The van der Waals surface area contributed by atoms with Crippen LogP contribution >= 0.6 is 0 Å². The Morgan fingerprint density at radius 3 is 2.59 bits per heavy atom. The fourth-order valence-electron chi connectivity index (χ4n) is 2.73. The maximum absolute atomic E-state index is 11.7. The predicted octanol–water partition coefficient (Wildman–Crippen LogP) is -0.536. The maximum atomic E-state index is 11.7. The van der Waals surface area contributed by atoms with Gasteiger partial charge in [0.2, 0.25) is 0 Å². The zero-order valence-corrected chi connectivity index (χ0v) is 15.7. The van der Waals surface area contributed by atoms with Crippen molar-refractivity contribution in [1.82, 2.24) is 4.90 Å².